The van der Waals surface area contributed by atoms with Crippen LogP contribution in [0, 0.1) is 17.1 Å². The van der Waals surface area contributed by atoms with Crippen LogP contribution >= 0.6 is 0 Å². The summed E-state index contributed by atoms with van der Waals surface area (Å²) in [6.45, 7) is 3.10. The van der Waals surface area contributed by atoms with E-state index in [2.05, 4.69) is 4.90 Å². The summed E-state index contributed by atoms with van der Waals surface area (Å²) in [5.41, 5.74) is 1.28. The molecule has 1 saturated heterocycles. The van der Waals surface area contributed by atoms with Crippen molar-refractivity contribution >= 4 is 5.91 Å². The molecule has 1 aliphatic rings. The van der Waals surface area contributed by atoms with Gasteiger partial charge >= 0.3 is 0 Å². The van der Waals surface area contributed by atoms with Crippen LogP contribution in [0.15, 0.2) is 42.5 Å². The second-order valence-electron chi connectivity index (χ2n) is 6.52. The summed E-state index contributed by atoms with van der Waals surface area (Å²) in [5, 5.41) is 9.07. The molecule has 0 spiro atoms. The Morgan fingerprint density at radius 2 is 1.89 bits per heavy atom. The number of amides is 1. The first kappa shape index (κ1) is 19.6. The third kappa shape index (κ3) is 4.78. The Bertz CT molecular complexity index is 873. The smallest absolute Gasteiger partial charge is 0.260 e. The number of rotatable bonds is 6. The number of nitriles is 1. The minimum absolute atomic E-state index is 0.0949. The lowest BCUT2D eigenvalue weighted by atomic mass is 10.2. The third-order valence-electron chi connectivity index (χ3n) is 4.71. The van der Waals surface area contributed by atoms with E-state index in [0.717, 1.165) is 5.56 Å². The summed E-state index contributed by atoms with van der Waals surface area (Å²) in [4.78, 5) is 16.3. The van der Waals surface area contributed by atoms with Gasteiger partial charge in [0.2, 0.25) is 0 Å². The second-order valence-corrected chi connectivity index (χ2v) is 6.52. The van der Waals surface area contributed by atoms with Gasteiger partial charge in [-0.05, 0) is 29.8 Å². The van der Waals surface area contributed by atoms with Crippen LogP contribution in [0.3, 0.4) is 0 Å². The van der Waals surface area contributed by atoms with Gasteiger partial charge in [-0.15, -0.1) is 0 Å². The van der Waals surface area contributed by atoms with E-state index >= 15 is 0 Å². The molecule has 0 radical (unpaired) electrons. The maximum atomic E-state index is 13.8. The first-order chi connectivity index (χ1) is 13.6. The monoisotopic (exact) mass is 383 g/mol. The van der Waals surface area contributed by atoms with E-state index in [1.807, 2.05) is 12.1 Å². The number of ether oxygens (including phenoxy) is 2. The van der Waals surface area contributed by atoms with E-state index in [1.165, 1.54) is 13.2 Å². The molecule has 6 nitrogen and oxygen atoms in total. The van der Waals surface area contributed by atoms with E-state index in [0.29, 0.717) is 44.0 Å². The molecule has 1 aliphatic heterocycles. The highest BCUT2D eigenvalue weighted by molar-refractivity contribution is 5.78. The number of halogens is 1. The van der Waals surface area contributed by atoms with Crippen LogP contribution in [-0.2, 0) is 11.3 Å². The van der Waals surface area contributed by atoms with Crippen LogP contribution in [0.5, 0.6) is 11.5 Å². The molecule has 3 rings (SSSR count). The highest BCUT2D eigenvalue weighted by Crippen LogP contribution is 2.19. The molecule has 1 amide bonds. The number of hydrogen-bond donors (Lipinski definition) is 0. The fraction of sp³-hybridized carbons (Fsp3) is 0.333. The summed E-state index contributed by atoms with van der Waals surface area (Å²) in [6.07, 6.45) is 0. The van der Waals surface area contributed by atoms with E-state index in [-0.39, 0.29) is 24.1 Å². The van der Waals surface area contributed by atoms with Crippen molar-refractivity contribution in [3.05, 3.63) is 59.4 Å². The normalized spacial score (nSPS) is 14.4. The van der Waals surface area contributed by atoms with Crippen molar-refractivity contribution in [2.75, 3.05) is 39.9 Å². The average Bonchev–Trinajstić information content (AvgIpc) is 2.73. The summed E-state index contributed by atoms with van der Waals surface area (Å²) in [7, 11) is 1.44. The fourth-order valence-corrected chi connectivity index (χ4v) is 3.14. The SMILES string of the molecule is COc1ccc(CN2CCN(C(=O)COc3ccccc3C#N)CC2)cc1F. The zero-order chi connectivity index (χ0) is 19.9. The van der Waals surface area contributed by atoms with Crippen molar-refractivity contribution in [2.45, 2.75) is 6.54 Å². The lowest BCUT2D eigenvalue weighted by molar-refractivity contribution is -0.135. The molecule has 0 aliphatic carbocycles. The standard InChI is InChI=1S/C21H22FN3O3/c1-27-20-7-6-16(12-18(20)22)14-24-8-10-25(11-9-24)21(26)15-28-19-5-3-2-4-17(19)13-23/h2-7,12H,8-11,14-15H2,1H3. The molecule has 0 N–H and O–H groups in total. The predicted molar refractivity (Wildman–Crippen MR) is 101 cm³/mol. The molecule has 0 unspecified atom stereocenters. The highest BCUT2D eigenvalue weighted by Gasteiger charge is 2.22. The van der Waals surface area contributed by atoms with Gasteiger partial charge in [-0.2, -0.15) is 5.26 Å². The van der Waals surface area contributed by atoms with E-state index < -0.39 is 0 Å². The van der Waals surface area contributed by atoms with E-state index in [9.17, 15) is 9.18 Å². The number of para-hydroxylation sites is 1. The zero-order valence-corrected chi connectivity index (χ0v) is 15.7. The van der Waals surface area contributed by atoms with Crippen LogP contribution in [0.2, 0.25) is 0 Å². The summed E-state index contributed by atoms with van der Waals surface area (Å²) < 4.78 is 24.3. The molecule has 7 heteroatoms. The topological polar surface area (TPSA) is 65.8 Å². The van der Waals surface area contributed by atoms with E-state index in [4.69, 9.17) is 14.7 Å². The number of methoxy groups -OCH3 is 1. The molecule has 2 aromatic rings. The van der Waals surface area contributed by atoms with Gasteiger partial charge in [0, 0.05) is 32.7 Å². The van der Waals surface area contributed by atoms with Crippen LogP contribution in [-0.4, -0.2) is 55.6 Å². The van der Waals surface area contributed by atoms with Gasteiger partial charge in [0.1, 0.15) is 11.8 Å². The third-order valence-corrected chi connectivity index (χ3v) is 4.71. The second kappa shape index (κ2) is 9.20. The van der Waals surface area contributed by atoms with Crippen molar-refractivity contribution in [1.29, 1.82) is 5.26 Å². The number of piperazine rings is 1. The van der Waals surface area contributed by atoms with Crippen molar-refractivity contribution in [1.82, 2.24) is 9.80 Å². The van der Waals surface area contributed by atoms with Crippen molar-refractivity contribution in [3.8, 4) is 17.6 Å². The molecule has 0 aromatic heterocycles. The Morgan fingerprint density at radius 1 is 1.14 bits per heavy atom. The highest BCUT2D eigenvalue weighted by atomic mass is 19.1. The molecule has 1 heterocycles. The van der Waals surface area contributed by atoms with Gasteiger partial charge in [0.25, 0.3) is 5.91 Å². The molecule has 0 atom stereocenters. The number of carbonyl (C=O) groups is 1. The van der Waals surface area contributed by atoms with Gasteiger partial charge in [-0.25, -0.2) is 4.39 Å². The van der Waals surface area contributed by atoms with Crippen LogP contribution < -0.4 is 9.47 Å². The lowest BCUT2D eigenvalue weighted by Gasteiger charge is -2.34. The Labute approximate surface area is 163 Å². The first-order valence-corrected chi connectivity index (χ1v) is 9.05. The Morgan fingerprint density at radius 3 is 2.57 bits per heavy atom. The molecular weight excluding hydrogens is 361 g/mol. The van der Waals surface area contributed by atoms with Gasteiger partial charge < -0.3 is 14.4 Å². The average molecular weight is 383 g/mol. The summed E-state index contributed by atoms with van der Waals surface area (Å²) in [5.74, 6) is 0.169. The first-order valence-electron chi connectivity index (χ1n) is 9.05. The predicted octanol–water partition coefficient (Wildman–Crippen LogP) is 2.43. The minimum atomic E-state index is -0.372. The molecule has 1 fully saturated rings. The molecule has 0 saturated carbocycles. The molecular formula is C21H22FN3O3. The number of carbonyl (C=O) groups excluding carboxylic acids is 1. The quantitative estimate of drug-likeness (QED) is 0.767. The maximum absolute atomic E-state index is 13.8. The molecule has 2 aromatic carbocycles. The Hall–Kier alpha value is -3.11. The minimum Gasteiger partial charge on any atom is -0.494 e. The van der Waals surface area contributed by atoms with Crippen LogP contribution in [0.25, 0.3) is 0 Å². The van der Waals surface area contributed by atoms with Crippen LogP contribution in [0.1, 0.15) is 11.1 Å². The van der Waals surface area contributed by atoms with Crippen LogP contribution in [0.4, 0.5) is 4.39 Å². The van der Waals surface area contributed by atoms with Crippen molar-refractivity contribution < 1.29 is 18.7 Å². The van der Waals surface area contributed by atoms with Gasteiger partial charge in [0.15, 0.2) is 18.2 Å². The maximum Gasteiger partial charge on any atom is 0.260 e. The van der Waals surface area contributed by atoms with Gasteiger partial charge in [-0.3, -0.25) is 9.69 Å². The van der Waals surface area contributed by atoms with E-state index in [1.54, 1.807) is 35.2 Å². The number of hydrogen-bond acceptors (Lipinski definition) is 5. The van der Waals surface area contributed by atoms with Gasteiger partial charge in [0.05, 0.1) is 12.7 Å². The summed E-state index contributed by atoms with van der Waals surface area (Å²) >= 11 is 0. The zero-order valence-electron chi connectivity index (χ0n) is 15.7. The Balaban J connectivity index is 1.47. The largest absolute Gasteiger partial charge is 0.494 e. The lowest BCUT2D eigenvalue weighted by Crippen LogP contribution is -2.49. The summed E-state index contributed by atoms with van der Waals surface area (Å²) in [6, 6.07) is 13.9. The van der Waals surface area contributed by atoms with Crippen molar-refractivity contribution in [3.63, 3.8) is 0 Å². The molecule has 0 bridgehead atoms. The Kier molecular flexibility index (Phi) is 6.45. The number of benzene rings is 2. The molecule has 146 valence electrons. The number of nitrogens with zero attached hydrogens (tertiary/aromatic N) is 3. The molecule has 28 heavy (non-hydrogen) atoms. The fourth-order valence-electron chi connectivity index (χ4n) is 3.14. The van der Waals surface area contributed by atoms with Gasteiger partial charge in [-0.1, -0.05) is 18.2 Å². The van der Waals surface area contributed by atoms with Crippen molar-refractivity contribution in [2.24, 2.45) is 0 Å².